The van der Waals surface area contributed by atoms with Crippen LogP contribution < -0.4 is 16.5 Å². The molecule has 0 radical (unpaired) electrons. The van der Waals surface area contributed by atoms with Gasteiger partial charge in [0.15, 0.2) is 0 Å². The number of aromatic nitrogens is 1. The summed E-state index contributed by atoms with van der Waals surface area (Å²) in [6.45, 7) is 0.699. The zero-order valence-electron chi connectivity index (χ0n) is 11.5. The second-order valence-corrected chi connectivity index (χ2v) is 4.41. The van der Waals surface area contributed by atoms with E-state index >= 15 is 0 Å². The van der Waals surface area contributed by atoms with Gasteiger partial charge in [0, 0.05) is 26.1 Å². The Labute approximate surface area is 116 Å². The van der Waals surface area contributed by atoms with E-state index in [2.05, 4.69) is 5.32 Å². The highest BCUT2D eigenvalue weighted by Crippen LogP contribution is 2.16. The highest BCUT2D eigenvalue weighted by Gasteiger charge is 2.18. The summed E-state index contributed by atoms with van der Waals surface area (Å²) < 4.78 is 6.49. The number of rotatable bonds is 4. The number of pyridine rings is 1. The molecule has 2 aromatic rings. The SMILES string of the molecule is COCCNC(=O)c1c(N)n(C)c2ccccc2c1=O. The lowest BCUT2D eigenvalue weighted by Crippen LogP contribution is -2.33. The molecule has 1 heterocycles. The Morgan fingerprint density at radius 1 is 1.40 bits per heavy atom. The van der Waals surface area contributed by atoms with E-state index < -0.39 is 5.91 Å². The maximum absolute atomic E-state index is 12.4. The number of hydrogen-bond donors (Lipinski definition) is 2. The van der Waals surface area contributed by atoms with E-state index in [1.165, 1.54) is 7.11 Å². The minimum atomic E-state index is -0.481. The number of nitrogen functional groups attached to an aromatic ring is 1. The molecule has 1 aromatic carbocycles. The lowest BCUT2D eigenvalue weighted by atomic mass is 10.1. The van der Waals surface area contributed by atoms with Crippen LogP contribution in [0.3, 0.4) is 0 Å². The Balaban J connectivity index is 2.54. The van der Waals surface area contributed by atoms with E-state index in [0.29, 0.717) is 24.1 Å². The van der Waals surface area contributed by atoms with Gasteiger partial charge in [-0.15, -0.1) is 0 Å². The molecule has 0 saturated carbocycles. The quantitative estimate of drug-likeness (QED) is 0.795. The molecule has 0 fully saturated rings. The Morgan fingerprint density at radius 2 is 2.10 bits per heavy atom. The molecule has 20 heavy (non-hydrogen) atoms. The molecule has 2 rings (SSSR count). The van der Waals surface area contributed by atoms with Crippen LogP contribution >= 0.6 is 0 Å². The van der Waals surface area contributed by atoms with E-state index in [4.69, 9.17) is 10.5 Å². The van der Waals surface area contributed by atoms with Crippen LogP contribution in [0.2, 0.25) is 0 Å². The predicted molar refractivity (Wildman–Crippen MR) is 77.8 cm³/mol. The molecule has 0 spiro atoms. The van der Waals surface area contributed by atoms with Crippen LogP contribution in [-0.2, 0) is 11.8 Å². The van der Waals surface area contributed by atoms with Gasteiger partial charge in [-0.2, -0.15) is 0 Å². The summed E-state index contributed by atoms with van der Waals surface area (Å²) in [5.74, 6) is -0.325. The molecule has 0 bridgehead atoms. The fraction of sp³-hybridized carbons (Fsp3) is 0.286. The molecule has 1 aromatic heterocycles. The standard InChI is InChI=1S/C14H17N3O3/c1-17-10-6-4-3-5-9(10)12(18)11(13(17)15)14(19)16-7-8-20-2/h3-6H,7-8,15H2,1-2H3,(H,16,19). The summed E-state index contributed by atoms with van der Waals surface area (Å²) in [5.41, 5.74) is 6.24. The zero-order valence-corrected chi connectivity index (χ0v) is 11.5. The molecule has 6 nitrogen and oxygen atoms in total. The van der Waals surface area contributed by atoms with Crippen LogP contribution in [0.4, 0.5) is 5.82 Å². The summed E-state index contributed by atoms with van der Waals surface area (Å²) in [5, 5.41) is 3.09. The number of nitrogens with one attached hydrogen (secondary N) is 1. The van der Waals surface area contributed by atoms with E-state index in [1.54, 1.807) is 29.8 Å². The van der Waals surface area contributed by atoms with Crippen molar-refractivity contribution in [2.75, 3.05) is 26.0 Å². The fourth-order valence-electron chi connectivity index (χ4n) is 2.08. The number of para-hydroxylation sites is 1. The number of methoxy groups -OCH3 is 1. The third kappa shape index (κ3) is 2.37. The average Bonchev–Trinajstić information content (AvgIpc) is 2.45. The van der Waals surface area contributed by atoms with Gasteiger partial charge in [0.1, 0.15) is 11.4 Å². The Kier molecular flexibility index (Phi) is 4.05. The molecule has 106 valence electrons. The van der Waals surface area contributed by atoms with Crippen LogP contribution in [-0.4, -0.2) is 30.7 Å². The van der Waals surface area contributed by atoms with Crippen molar-refractivity contribution in [2.45, 2.75) is 0 Å². The zero-order chi connectivity index (χ0) is 14.7. The number of aryl methyl sites for hydroxylation is 1. The maximum Gasteiger partial charge on any atom is 0.259 e. The summed E-state index contributed by atoms with van der Waals surface area (Å²) in [6, 6.07) is 7.05. The summed E-state index contributed by atoms with van der Waals surface area (Å²) in [6.07, 6.45) is 0. The van der Waals surface area contributed by atoms with Gasteiger partial charge in [-0.25, -0.2) is 0 Å². The van der Waals surface area contributed by atoms with E-state index in [0.717, 1.165) is 0 Å². The van der Waals surface area contributed by atoms with Crippen molar-refractivity contribution in [3.63, 3.8) is 0 Å². The normalized spacial score (nSPS) is 10.7. The van der Waals surface area contributed by atoms with Crippen LogP contribution in [0.15, 0.2) is 29.1 Å². The summed E-state index contributed by atoms with van der Waals surface area (Å²) in [7, 11) is 3.26. The Hall–Kier alpha value is -2.34. The fourth-order valence-corrected chi connectivity index (χ4v) is 2.08. The van der Waals surface area contributed by atoms with Crippen LogP contribution in [0.25, 0.3) is 10.9 Å². The third-order valence-electron chi connectivity index (χ3n) is 3.17. The highest BCUT2D eigenvalue weighted by atomic mass is 16.5. The maximum atomic E-state index is 12.4. The Bertz CT molecular complexity index is 707. The van der Waals surface area contributed by atoms with Crippen molar-refractivity contribution in [3.8, 4) is 0 Å². The minimum Gasteiger partial charge on any atom is -0.384 e. The first kappa shape index (κ1) is 14.1. The predicted octanol–water partition coefficient (Wildman–Crippen LogP) is 0.497. The third-order valence-corrected chi connectivity index (χ3v) is 3.17. The second-order valence-electron chi connectivity index (χ2n) is 4.41. The van der Waals surface area contributed by atoms with Gasteiger partial charge >= 0.3 is 0 Å². The first-order valence-corrected chi connectivity index (χ1v) is 6.22. The van der Waals surface area contributed by atoms with Crippen molar-refractivity contribution in [2.24, 2.45) is 7.05 Å². The number of hydrogen-bond acceptors (Lipinski definition) is 4. The number of amides is 1. The molecule has 0 aliphatic carbocycles. The van der Waals surface area contributed by atoms with Crippen molar-refractivity contribution in [1.29, 1.82) is 0 Å². The first-order chi connectivity index (χ1) is 9.57. The van der Waals surface area contributed by atoms with Crippen LogP contribution in [0.1, 0.15) is 10.4 Å². The number of nitrogens with two attached hydrogens (primary N) is 1. The Morgan fingerprint density at radius 3 is 2.80 bits per heavy atom. The smallest absolute Gasteiger partial charge is 0.259 e. The molecule has 3 N–H and O–H groups in total. The second kappa shape index (κ2) is 5.75. The van der Waals surface area contributed by atoms with Gasteiger partial charge in [0.05, 0.1) is 12.1 Å². The van der Waals surface area contributed by atoms with Gasteiger partial charge in [-0.3, -0.25) is 9.59 Å². The minimum absolute atomic E-state index is 0.0256. The summed E-state index contributed by atoms with van der Waals surface area (Å²) >= 11 is 0. The molecule has 0 aliphatic rings. The number of carbonyl (C=O) groups is 1. The molecule has 0 aliphatic heterocycles. The lowest BCUT2D eigenvalue weighted by molar-refractivity contribution is 0.0936. The largest absolute Gasteiger partial charge is 0.384 e. The molecule has 0 atom stereocenters. The van der Waals surface area contributed by atoms with Gasteiger partial charge in [-0.05, 0) is 12.1 Å². The van der Waals surface area contributed by atoms with Crippen LogP contribution in [0.5, 0.6) is 0 Å². The van der Waals surface area contributed by atoms with Gasteiger partial charge in [-0.1, -0.05) is 12.1 Å². The van der Waals surface area contributed by atoms with Gasteiger partial charge < -0.3 is 20.4 Å². The first-order valence-electron chi connectivity index (χ1n) is 6.22. The highest BCUT2D eigenvalue weighted by molar-refractivity contribution is 6.01. The van der Waals surface area contributed by atoms with Crippen molar-refractivity contribution in [1.82, 2.24) is 9.88 Å². The number of anilines is 1. The average molecular weight is 275 g/mol. The van der Waals surface area contributed by atoms with Crippen molar-refractivity contribution < 1.29 is 9.53 Å². The number of nitrogens with zero attached hydrogens (tertiary/aromatic N) is 1. The molecule has 6 heteroatoms. The van der Waals surface area contributed by atoms with E-state index in [1.807, 2.05) is 6.07 Å². The van der Waals surface area contributed by atoms with E-state index in [9.17, 15) is 9.59 Å². The van der Waals surface area contributed by atoms with Gasteiger partial charge in [0.2, 0.25) is 5.43 Å². The van der Waals surface area contributed by atoms with E-state index in [-0.39, 0.29) is 16.8 Å². The summed E-state index contributed by atoms with van der Waals surface area (Å²) in [4.78, 5) is 24.5. The number of benzene rings is 1. The number of ether oxygens (including phenoxy) is 1. The molecule has 1 amide bonds. The topological polar surface area (TPSA) is 86.3 Å². The van der Waals surface area contributed by atoms with Crippen molar-refractivity contribution >= 4 is 22.6 Å². The molecular weight excluding hydrogens is 258 g/mol. The van der Waals surface area contributed by atoms with Crippen molar-refractivity contribution in [3.05, 3.63) is 40.1 Å². The van der Waals surface area contributed by atoms with Gasteiger partial charge in [0.25, 0.3) is 5.91 Å². The van der Waals surface area contributed by atoms with Crippen LogP contribution in [0, 0.1) is 0 Å². The molecule has 0 unspecified atom stereocenters. The lowest BCUT2D eigenvalue weighted by Gasteiger charge is -2.13. The number of carbonyl (C=O) groups excluding carboxylic acids is 1. The molecule has 0 saturated heterocycles. The number of fused-ring (bicyclic) bond motifs is 1. The monoisotopic (exact) mass is 275 g/mol. The molecular formula is C14H17N3O3.